The fourth-order valence-electron chi connectivity index (χ4n) is 4.25. The normalized spacial score (nSPS) is 20.2. The lowest BCUT2D eigenvalue weighted by Gasteiger charge is -2.35. The Balaban J connectivity index is 1.31. The smallest absolute Gasteiger partial charge is 0.497 e. The summed E-state index contributed by atoms with van der Waals surface area (Å²) in [6.07, 6.45) is -3.10. The first kappa shape index (κ1) is 22.9. The minimum atomic E-state index is -4.72. The number of likely N-dealkylation sites (tertiary alicyclic amines) is 1. The number of methoxy groups -OCH3 is 1. The number of anilines is 2. The van der Waals surface area contributed by atoms with Crippen LogP contribution in [0.5, 0.6) is 11.5 Å². The van der Waals surface area contributed by atoms with E-state index in [-0.39, 0.29) is 30.0 Å². The second kappa shape index (κ2) is 9.30. The van der Waals surface area contributed by atoms with Gasteiger partial charge in [0, 0.05) is 24.8 Å². The van der Waals surface area contributed by atoms with Gasteiger partial charge in [-0.1, -0.05) is 0 Å². The van der Waals surface area contributed by atoms with Gasteiger partial charge in [0.15, 0.2) is 0 Å². The van der Waals surface area contributed by atoms with Crippen LogP contribution in [0, 0.1) is 0 Å². The van der Waals surface area contributed by atoms with E-state index in [4.69, 9.17) is 4.74 Å². The third-order valence-electron chi connectivity index (χ3n) is 5.88. The van der Waals surface area contributed by atoms with Crippen LogP contribution in [0.15, 0.2) is 48.5 Å². The fourth-order valence-corrected chi connectivity index (χ4v) is 4.25. The van der Waals surface area contributed by atoms with E-state index >= 15 is 0 Å². The third kappa shape index (κ3) is 5.39. The van der Waals surface area contributed by atoms with Crippen LogP contribution in [-0.2, 0) is 9.59 Å². The van der Waals surface area contributed by atoms with Gasteiger partial charge >= 0.3 is 6.36 Å². The number of piperidine rings is 1. The van der Waals surface area contributed by atoms with E-state index in [9.17, 15) is 22.8 Å². The summed E-state index contributed by atoms with van der Waals surface area (Å²) in [5.74, 6) is -0.0754. The van der Waals surface area contributed by atoms with Gasteiger partial charge in [-0.3, -0.25) is 14.5 Å². The summed E-state index contributed by atoms with van der Waals surface area (Å²) in [5, 5.41) is 3.31. The zero-order chi connectivity index (χ0) is 23.6. The number of halogens is 3. The molecule has 0 radical (unpaired) electrons. The van der Waals surface area contributed by atoms with Crippen LogP contribution >= 0.6 is 0 Å². The summed E-state index contributed by atoms with van der Waals surface area (Å²) < 4.78 is 45.9. The highest BCUT2D eigenvalue weighted by Gasteiger charge is 2.43. The molecule has 33 heavy (non-hydrogen) atoms. The minimum Gasteiger partial charge on any atom is -0.497 e. The second-order valence-electron chi connectivity index (χ2n) is 8.01. The number of benzene rings is 2. The second-order valence-corrected chi connectivity index (χ2v) is 8.01. The largest absolute Gasteiger partial charge is 0.573 e. The van der Waals surface area contributed by atoms with Crippen LogP contribution in [0.25, 0.3) is 0 Å². The fraction of sp³-hybridized carbons (Fsp3) is 0.391. The molecule has 10 heteroatoms. The van der Waals surface area contributed by atoms with Gasteiger partial charge in [-0.05, 0) is 61.4 Å². The van der Waals surface area contributed by atoms with E-state index in [1.807, 2.05) is 4.90 Å². The van der Waals surface area contributed by atoms with Crippen molar-refractivity contribution in [2.75, 3.05) is 30.4 Å². The molecule has 0 saturated carbocycles. The number of imide groups is 1. The van der Waals surface area contributed by atoms with Gasteiger partial charge in [-0.2, -0.15) is 0 Å². The standard InChI is InChI=1S/C23H24F3N3O4/c1-32-18-8-4-17(5-9-18)29-21(30)14-20(22(29)31)28-12-10-16(11-13-28)27-15-2-6-19(7-3-15)33-23(24,25)26/h2-9,16,20,27H,10-14H2,1H3/t20-/m0/s1. The highest BCUT2D eigenvalue weighted by atomic mass is 19.4. The molecule has 0 aliphatic carbocycles. The van der Waals surface area contributed by atoms with Crippen molar-refractivity contribution in [3.63, 3.8) is 0 Å². The summed E-state index contributed by atoms with van der Waals surface area (Å²) in [7, 11) is 1.55. The number of carbonyl (C=O) groups excluding carboxylic acids is 2. The number of alkyl halides is 3. The first-order valence-corrected chi connectivity index (χ1v) is 10.6. The van der Waals surface area contributed by atoms with Crippen LogP contribution < -0.4 is 19.7 Å². The van der Waals surface area contributed by atoms with Gasteiger partial charge in [-0.25, -0.2) is 4.90 Å². The SMILES string of the molecule is COc1ccc(N2C(=O)C[C@H](N3CCC(Nc4ccc(OC(F)(F)F)cc4)CC3)C2=O)cc1. The van der Waals surface area contributed by atoms with Gasteiger partial charge in [0.05, 0.1) is 25.3 Å². The monoisotopic (exact) mass is 463 g/mol. The molecule has 1 N–H and O–H groups in total. The zero-order valence-electron chi connectivity index (χ0n) is 18.0. The van der Waals surface area contributed by atoms with Gasteiger partial charge in [0.2, 0.25) is 5.91 Å². The van der Waals surface area contributed by atoms with Crippen molar-refractivity contribution in [2.45, 2.75) is 37.7 Å². The van der Waals surface area contributed by atoms with Gasteiger partial charge in [0.1, 0.15) is 11.5 Å². The van der Waals surface area contributed by atoms with Crippen LogP contribution in [-0.4, -0.2) is 55.4 Å². The molecule has 176 valence electrons. The van der Waals surface area contributed by atoms with Crippen LogP contribution in [0.4, 0.5) is 24.5 Å². The molecular formula is C23H24F3N3O4. The van der Waals surface area contributed by atoms with Gasteiger partial charge < -0.3 is 14.8 Å². The van der Waals surface area contributed by atoms with Crippen molar-refractivity contribution in [3.05, 3.63) is 48.5 Å². The number of ether oxygens (including phenoxy) is 2. The van der Waals surface area contributed by atoms with E-state index in [2.05, 4.69) is 10.1 Å². The summed E-state index contributed by atoms with van der Waals surface area (Å²) in [4.78, 5) is 28.8. The van der Waals surface area contributed by atoms with Crippen molar-refractivity contribution >= 4 is 23.2 Å². The predicted molar refractivity (Wildman–Crippen MR) is 115 cm³/mol. The Kier molecular flexibility index (Phi) is 6.46. The van der Waals surface area contributed by atoms with Crippen molar-refractivity contribution < 1.29 is 32.2 Å². The van der Waals surface area contributed by atoms with Crippen molar-refractivity contribution in [1.29, 1.82) is 0 Å². The maximum Gasteiger partial charge on any atom is 0.573 e. The van der Waals surface area contributed by atoms with E-state index in [1.165, 1.54) is 17.0 Å². The lowest BCUT2D eigenvalue weighted by Crippen LogP contribution is -2.48. The van der Waals surface area contributed by atoms with E-state index < -0.39 is 12.4 Å². The molecular weight excluding hydrogens is 439 g/mol. The first-order valence-electron chi connectivity index (χ1n) is 10.6. The number of hydrogen-bond donors (Lipinski definition) is 1. The Morgan fingerprint density at radius 3 is 2.12 bits per heavy atom. The molecule has 2 aromatic rings. The molecule has 7 nitrogen and oxygen atoms in total. The number of rotatable bonds is 6. The Morgan fingerprint density at radius 2 is 1.55 bits per heavy atom. The number of amides is 2. The highest BCUT2D eigenvalue weighted by molar-refractivity contribution is 6.22. The average Bonchev–Trinajstić information content (AvgIpc) is 3.08. The predicted octanol–water partition coefficient (Wildman–Crippen LogP) is 3.80. The molecule has 0 aromatic heterocycles. The molecule has 2 aromatic carbocycles. The van der Waals surface area contributed by atoms with Crippen molar-refractivity contribution in [3.8, 4) is 11.5 Å². The number of nitrogens with one attached hydrogen (secondary N) is 1. The maximum absolute atomic E-state index is 13.0. The molecule has 2 aliphatic rings. The molecule has 1 atom stereocenters. The Labute approximate surface area is 189 Å². The first-order chi connectivity index (χ1) is 15.7. The molecule has 2 fully saturated rings. The Hall–Kier alpha value is -3.27. The van der Waals surface area contributed by atoms with E-state index in [1.54, 1.807) is 43.5 Å². The maximum atomic E-state index is 13.0. The zero-order valence-corrected chi connectivity index (χ0v) is 18.0. The number of carbonyl (C=O) groups is 2. The van der Waals surface area contributed by atoms with Gasteiger partial charge in [-0.15, -0.1) is 13.2 Å². The summed E-state index contributed by atoms with van der Waals surface area (Å²) >= 11 is 0. The Morgan fingerprint density at radius 1 is 0.939 bits per heavy atom. The molecule has 0 unspecified atom stereocenters. The molecule has 0 spiro atoms. The molecule has 4 rings (SSSR count). The summed E-state index contributed by atoms with van der Waals surface area (Å²) in [6.45, 7) is 1.26. The van der Waals surface area contributed by atoms with Crippen molar-refractivity contribution in [1.82, 2.24) is 4.90 Å². The molecule has 2 amide bonds. The number of nitrogens with zero attached hydrogens (tertiary/aromatic N) is 2. The van der Waals surface area contributed by atoms with Crippen LogP contribution in [0.1, 0.15) is 19.3 Å². The third-order valence-corrected chi connectivity index (χ3v) is 5.88. The van der Waals surface area contributed by atoms with Gasteiger partial charge in [0.25, 0.3) is 5.91 Å². The quantitative estimate of drug-likeness (QED) is 0.658. The topological polar surface area (TPSA) is 71.1 Å². The van der Waals surface area contributed by atoms with Crippen LogP contribution in [0.3, 0.4) is 0 Å². The van der Waals surface area contributed by atoms with E-state index in [0.29, 0.717) is 30.2 Å². The Bertz CT molecular complexity index is 988. The highest BCUT2D eigenvalue weighted by Crippen LogP contribution is 2.30. The lowest BCUT2D eigenvalue weighted by atomic mass is 10.0. The summed E-state index contributed by atoms with van der Waals surface area (Å²) in [6, 6.07) is 12.0. The molecule has 0 bridgehead atoms. The van der Waals surface area contributed by atoms with E-state index in [0.717, 1.165) is 12.8 Å². The van der Waals surface area contributed by atoms with Crippen molar-refractivity contribution in [2.24, 2.45) is 0 Å². The molecule has 2 aliphatic heterocycles. The molecule has 2 saturated heterocycles. The minimum absolute atomic E-state index is 0.112. The van der Waals surface area contributed by atoms with Crippen LogP contribution in [0.2, 0.25) is 0 Å². The average molecular weight is 463 g/mol. The summed E-state index contributed by atoms with van der Waals surface area (Å²) in [5.41, 5.74) is 1.23. The molecule has 2 heterocycles. The lowest BCUT2D eigenvalue weighted by molar-refractivity contribution is -0.274. The number of hydrogen-bond acceptors (Lipinski definition) is 6.